The van der Waals surface area contributed by atoms with Crippen molar-refractivity contribution >= 4 is 50.0 Å². The summed E-state index contributed by atoms with van der Waals surface area (Å²) in [5.74, 6) is 1.23. The Morgan fingerprint density at radius 1 is 1.15 bits per heavy atom. The summed E-state index contributed by atoms with van der Waals surface area (Å²) >= 11 is 1.62. The molecule has 33 heavy (non-hydrogen) atoms. The molecule has 0 unspecified atom stereocenters. The molecule has 1 saturated heterocycles. The van der Waals surface area contributed by atoms with Crippen molar-refractivity contribution in [2.45, 2.75) is 25.9 Å². The molecule has 7 N–H and O–H groups in total. The third-order valence-corrected chi connectivity index (χ3v) is 7.68. The highest BCUT2D eigenvalue weighted by atomic mass is 32.1. The summed E-state index contributed by atoms with van der Waals surface area (Å²) in [6.45, 7) is 7.90. The fourth-order valence-corrected chi connectivity index (χ4v) is 5.48. The molecule has 5 rings (SSSR count). The molecule has 1 aliphatic heterocycles. The number of rotatable bonds is 5. The number of aromatic amines is 1. The number of primary amides is 1. The van der Waals surface area contributed by atoms with E-state index in [-0.39, 0.29) is 5.91 Å². The lowest BCUT2D eigenvalue weighted by molar-refractivity contribution is -0.129. The van der Waals surface area contributed by atoms with Gasteiger partial charge in [-0.25, -0.2) is 9.97 Å². The van der Waals surface area contributed by atoms with Gasteiger partial charge in [0.15, 0.2) is 5.82 Å². The van der Waals surface area contributed by atoms with Gasteiger partial charge in [-0.1, -0.05) is 18.2 Å². The van der Waals surface area contributed by atoms with Crippen LogP contribution in [-0.4, -0.2) is 62.4 Å². The number of carbonyl (C=O) groups excluding carboxylic acids is 1. The maximum atomic E-state index is 11.8. The minimum absolute atomic E-state index is 0.291. The van der Waals surface area contributed by atoms with Crippen molar-refractivity contribution in [1.29, 1.82) is 0 Å². The topological polar surface area (TPSA) is 143 Å². The average molecular weight is 465 g/mol. The van der Waals surface area contributed by atoms with E-state index in [1.807, 2.05) is 38.1 Å². The van der Waals surface area contributed by atoms with Crippen molar-refractivity contribution in [2.75, 3.05) is 37.6 Å². The Morgan fingerprint density at radius 2 is 1.88 bits per heavy atom. The smallest absolute Gasteiger partial charge is 0.237 e. The largest absolute Gasteiger partial charge is 0.385 e. The first-order chi connectivity index (χ1) is 15.7. The van der Waals surface area contributed by atoms with E-state index in [0.717, 1.165) is 59.4 Å². The predicted molar refractivity (Wildman–Crippen MR) is 134 cm³/mol. The van der Waals surface area contributed by atoms with Crippen LogP contribution in [0.3, 0.4) is 0 Å². The molecule has 1 amide bonds. The Bertz CT molecular complexity index is 1350. The van der Waals surface area contributed by atoms with Gasteiger partial charge in [0, 0.05) is 48.5 Å². The Balaban J connectivity index is 1.38. The molecular weight excluding hydrogens is 436 g/mol. The van der Waals surface area contributed by atoms with Crippen LogP contribution in [0, 0.1) is 0 Å². The Hall–Kier alpha value is -3.21. The predicted octanol–water partition coefficient (Wildman–Crippen LogP) is 2.39. The van der Waals surface area contributed by atoms with Crippen molar-refractivity contribution in [1.82, 2.24) is 24.8 Å². The van der Waals surface area contributed by atoms with E-state index in [2.05, 4.69) is 25.8 Å². The quantitative estimate of drug-likeness (QED) is 0.355. The molecule has 4 heterocycles. The lowest BCUT2D eigenvalue weighted by atomic mass is 10.0. The number of para-hydroxylation sites is 1. The zero-order valence-corrected chi connectivity index (χ0v) is 19.6. The SMILES string of the molecule is CC(C)(C(N)=O)N1CCN(Cc2cc3nc(-c4c(N)[nH]c5ccccc45)nc(N)c3s2)CC1. The molecule has 0 spiro atoms. The van der Waals surface area contributed by atoms with Crippen LogP contribution in [0.15, 0.2) is 30.3 Å². The maximum Gasteiger partial charge on any atom is 0.237 e. The molecule has 0 bridgehead atoms. The lowest BCUT2D eigenvalue weighted by Gasteiger charge is -2.42. The summed E-state index contributed by atoms with van der Waals surface area (Å²) in [5.41, 5.74) is 20.1. The number of thiophene rings is 1. The number of anilines is 2. The van der Waals surface area contributed by atoms with Gasteiger partial charge in [-0.2, -0.15) is 0 Å². The Kier molecular flexibility index (Phi) is 5.23. The molecule has 3 aromatic heterocycles. The number of amides is 1. The van der Waals surface area contributed by atoms with Crippen LogP contribution in [0.2, 0.25) is 0 Å². The number of nitrogens with zero attached hydrogens (tertiary/aromatic N) is 4. The second-order valence-corrected chi connectivity index (χ2v) is 10.1. The number of piperazine rings is 1. The summed E-state index contributed by atoms with van der Waals surface area (Å²) in [7, 11) is 0. The lowest BCUT2D eigenvalue weighted by Crippen LogP contribution is -2.59. The van der Waals surface area contributed by atoms with Crippen LogP contribution in [-0.2, 0) is 11.3 Å². The highest BCUT2D eigenvalue weighted by molar-refractivity contribution is 7.19. The summed E-state index contributed by atoms with van der Waals surface area (Å²) in [5, 5.41) is 0.973. The summed E-state index contributed by atoms with van der Waals surface area (Å²) in [6, 6.07) is 9.99. The van der Waals surface area contributed by atoms with Crippen LogP contribution < -0.4 is 17.2 Å². The molecule has 10 heteroatoms. The summed E-state index contributed by atoms with van der Waals surface area (Å²) < 4.78 is 0.890. The second kappa shape index (κ2) is 7.98. The zero-order valence-electron chi connectivity index (χ0n) is 18.8. The van der Waals surface area contributed by atoms with Crippen LogP contribution in [0.4, 0.5) is 11.6 Å². The van der Waals surface area contributed by atoms with Gasteiger partial charge in [-0.15, -0.1) is 11.3 Å². The number of benzene rings is 1. The van der Waals surface area contributed by atoms with Crippen molar-refractivity contribution in [3.8, 4) is 11.4 Å². The summed E-state index contributed by atoms with van der Waals surface area (Å²) in [4.78, 5) is 30.1. The number of aromatic nitrogens is 3. The van der Waals surface area contributed by atoms with E-state index >= 15 is 0 Å². The molecule has 0 atom stereocenters. The van der Waals surface area contributed by atoms with E-state index in [1.165, 1.54) is 4.88 Å². The molecule has 9 nitrogen and oxygen atoms in total. The first-order valence-corrected chi connectivity index (χ1v) is 11.8. The van der Waals surface area contributed by atoms with Gasteiger partial charge in [-0.3, -0.25) is 14.6 Å². The van der Waals surface area contributed by atoms with Crippen LogP contribution in [0.25, 0.3) is 32.5 Å². The fourth-order valence-electron chi connectivity index (χ4n) is 4.44. The minimum atomic E-state index is -0.631. The number of hydrogen-bond acceptors (Lipinski definition) is 8. The molecule has 1 aromatic carbocycles. The number of nitrogen functional groups attached to an aromatic ring is 2. The number of H-pyrrole nitrogens is 1. The number of hydrogen-bond donors (Lipinski definition) is 4. The average Bonchev–Trinajstić information content (AvgIpc) is 3.33. The second-order valence-electron chi connectivity index (χ2n) is 9.01. The third-order valence-electron chi connectivity index (χ3n) is 6.55. The molecule has 1 aliphatic rings. The van der Waals surface area contributed by atoms with Gasteiger partial charge in [-0.05, 0) is 26.0 Å². The van der Waals surface area contributed by atoms with Gasteiger partial charge >= 0.3 is 0 Å². The first-order valence-electron chi connectivity index (χ1n) is 10.9. The van der Waals surface area contributed by atoms with E-state index in [4.69, 9.17) is 22.2 Å². The number of nitrogens with one attached hydrogen (secondary N) is 1. The van der Waals surface area contributed by atoms with E-state index in [0.29, 0.717) is 17.5 Å². The van der Waals surface area contributed by atoms with Crippen molar-refractivity contribution < 1.29 is 4.79 Å². The van der Waals surface area contributed by atoms with Gasteiger partial charge in [0.1, 0.15) is 11.6 Å². The molecule has 0 saturated carbocycles. The standard InChI is InChI=1S/C23H28N8OS/c1-23(2,22(26)32)31-9-7-30(8-10-31)12-13-11-16-18(33-13)20(25)29-21(28-16)17-14-5-3-4-6-15(14)27-19(17)24/h3-6,11,27H,7-10,12,24H2,1-2H3,(H2,26,32)(H2,25,28,29). The first kappa shape index (κ1) is 21.6. The minimum Gasteiger partial charge on any atom is -0.385 e. The number of nitrogens with two attached hydrogens (primary N) is 3. The molecule has 4 aromatic rings. The maximum absolute atomic E-state index is 11.8. The molecule has 172 valence electrons. The van der Waals surface area contributed by atoms with Crippen LogP contribution >= 0.6 is 11.3 Å². The number of fused-ring (bicyclic) bond motifs is 2. The highest BCUT2D eigenvalue weighted by Crippen LogP contribution is 2.36. The third kappa shape index (κ3) is 3.79. The van der Waals surface area contributed by atoms with E-state index in [1.54, 1.807) is 11.3 Å². The van der Waals surface area contributed by atoms with Crippen LogP contribution in [0.1, 0.15) is 18.7 Å². The normalized spacial score (nSPS) is 16.1. The highest BCUT2D eigenvalue weighted by Gasteiger charge is 2.34. The monoisotopic (exact) mass is 464 g/mol. The molecule has 0 radical (unpaired) electrons. The van der Waals surface area contributed by atoms with E-state index < -0.39 is 5.54 Å². The molecular formula is C23H28N8OS. The summed E-state index contributed by atoms with van der Waals surface area (Å²) in [6.07, 6.45) is 0. The zero-order chi connectivity index (χ0) is 23.3. The van der Waals surface area contributed by atoms with Crippen molar-refractivity contribution in [2.24, 2.45) is 5.73 Å². The Labute approximate surface area is 195 Å². The van der Waals surface area contributed by atoms with Gasteiger partial charge in [0.25, 0.3) is 0 Å². The van der Waals surface area contributed by atoms with Crippen molar-refractivity contribution in [3.63, 3.8) is 0 Å². The van der Waals surface area contributed by atoms with Crippen LogP contribution in [0.5, 0.6) is 0 Å². The van der Waals surface area contributed by atoms with Gasteiger partial charge < -0.3 is 22.2 Å². The molecule has 0 aliphatic carbocycles. The fraction of sp³-hybridized carbons (Fsp3) is 0.348. The Morgan fingerprint density at radius 3 is 2.61 bits per heavy atom. The van der Waals surface area contributed by atoms with Crippen molar-refractivity contribution in [3.05, 3.63) is 35.2 Å². The molecule has 1 fully saturated rings. The number of carbonyl (C=O) groups is 1. The van der Waals surface area contributed by atoms with Gasteiger partial charge in [0.05, 0.1) is 21.3 Å². The van der Waals surface area contributed by atoms with Gasteiger partial charge in [0.2, 0.25) is 5.91 Å². The van der Waals surface area contributed by atoms with E-state index in [9.17, 15) is 4.79 Å².